The Kier molecular flexibility index (Phi) is 10.4. The van der Waals surface area contributed by atoms with Gasteiger partial charge in [-0.3, -0.25) is 4.79 Å². The average molecular weight is 535 g/mol. The molecule has 0 radical (unpaired) electrons. The van der Waals surface area contributed by atoms with Gasteiger partial charge in [0.05, 0.1) is 6.26 Å². The molecule has 1 aliphatic rings. The molecule has 0 aromatic carbocycles. The number of carbonyl (C=O) groups is 2. The van der Waals surface area contributed by atoms with Gasteiger partial charge in [-0.15, -0.1) is 24.0 Å². The summed E-state index contributed by atoms with van der Waals surface area (Å²) >= 11 is 0. The maximum Gasteiger partial charge on any atom is 0.410 e. The fourth-order valence-electron chi connectivity index (χ4n) is 2.76. The predicted octanol–water partition coefficient (Wildman–Crippen LogP) is 2.07. The molecular weight excluding hydrogens is 501 g/mol. The Bertz CT molecular complexity index is 701. The number of likely N-dealkylation sites (N-methyl/N-ethyl adjacent to an activating group) is 1. The Morgan fingerprint density at radius 2 is 2.10 bits per heavy atom. The first-order valence-electron chi connectivity index (χ1n) is 9.89. The van der Waals surface area contributed by atoms with E-state index in [-0.39, 0.29) is 48.6 Å². The van der Waals surface area contributed by atoms with Gasteiger partial charge in [0, 0.05) is 46.2 Å². The van der Waals surface area contributed by atoms with E-state index < -0.39 is 5.60 Å². The fraction of sp³-hybridized carbons (Fsp3) is 0.650. The maximum atomic E-state index is 12.3. The highest BCUT2D eigenvalue weighted by Crippen LogP contribution is 2.15. The number of likely N-dealkylation sites (tertiary alicyclic amines) is 1. The number of hydrogen-bond donors (Lipinski definition) is 2. The van der Waals surface area contributed by atoms with Crippen molar-refractivity contribution in [1.29, 1.82) is 0 Å². The number of halogens is 1. The molecule has 0 spiro atoms. The first kappa shape index (κ1) is 26.1. The molecule has 1 fully saturated rings. The molecule has 2 heterocycles. The van der Waals surface area contributed by atoms with Crippen LogP contribution in [0.25, 0.3) is 0 Å². The molecule has 1 atom stereocenters. The molecule has 2 N–H and O–H groups in total. The lowest BCUT2D eigenvalue weighted by atomic mass is 10.2. The molecule has 1 aromatic rings. The van der Waals surface area contributed by atoms with Crippen molar-refractivity contribution >= 4 is 41.9 Å². The molecule has 1 aromatic heterocycles. The summed E-state index contributed by atoms with van der Waals surface area (Å²) in [6.07, 6.45) is 2.81. The molecule has 0 aliphatic carbocycles. The van der Waals surface area contributed by atoms with E-state index in [0.717, 1.165) is 12.2 Å². The highest BCUT2D eigenvalue weighted by molar-refractivity contribution is 14.0. The summed E-state index contributed by atoms with van der Waals surface area (Å²) < 4.78 is 10.8. The van der Waals surface area contributed by atoms with Crippen LogP contribution in [0.5, 0.6) is 0 Å². The van der Waals surface area contributed by atoms with Crippen LogP contribution in [0.2, 0.25) is 0 Å². The lowest BCUT2D eigenvalue weighted by Gasteiger charge is -2.24. The molecule has 1 unspecified atom stereocenters. The van der Waals surface area contributed by atoms with Crippen LogP contribution in [-0.4, -0.2) is 79.7 Å². The number of rotatable bonds is 6. The van der Waals surface area contributed by atoms with Gasteiger partial charge in [0.2, 0.25) is 5.91 Å². The largest absolute Gasteiger partial charge is 0.469 e. The van der Waals surface area contributed by atoms with Gasteiger partial charge >= 0.3 is 6.09 Å². The van der Waals surface area contributed by atoms with Crippen molar-refractivity contribution in [3.8, 4) is 0 Å². The third-order valence-corrected chi connectivity index (χ3v) is 4.30. The summed E-state index contributed by atoms with van der Waals surface area (Å²) in [6.45, 7) is 7.35. The number of nitrogens with zero attached hydrogens (tertiary/aromatic N) is 3. The van der Waals surface area contributed by atoms with Crippen molar-refractivity contribution in [3.05, 3.63) is 24.2 Å². The smallest absolute Gasteiger partial charge is 0.410 e. The molecule has 0 bridgehead atoms. The second kappa shape index (κ2) is 12.0. The molecule has 9 nitrogen and oxygen atoms in total. The molecule has 30 heavy (non-hydrogen) atoms. The summed E-state index contributed by atoms with van der Waals surface area (Å²) in [7, 11) is 3.40. The normalized spacial score (nSPS) is 16.6. The lowest BCUT2D eigenvalue weighted by molar-refractivity contribution is -0.127. The molecule has 170 valence electrons. The van der Waals surface area contributed by atoms with E-state index in [4.69, 9.17) is 9.15 Å². The summed E-state index contributed by atoms with van der Waals surface area (Å²) in [5.74, 6) is 1.33. The third-order valence-electron chi connectivity index (χ3n) is 4.30. The first-order valence-corrected chi connectivity index (χ1v) is 9.89. The zero-order valence-electron chi connectivity index (χ0n) is 18.4. The van der Waals surface area contributed by atoms with Gasteiger partial charge in [-0.05, 0) is 39.3 Å². The van der Waals surface area contributed by atoms with E-state index in [0.29, 0.717) is 32.0 Å². The minimum atomic E-state index is -0.519. The summed E-state index contributed by atoms with van der Waals surface area (Å²) in [4.78, 5) is 31.7. The van der Waals surface area contributed by atoms with Crippen LogP contribution in [0, 0.1) is 0 Å². The number of aliphatic imine (C=N–C) groups is 1. The highest BCUT2D eigenvalue weighted by atomic mass is 127. The summed E-state index contributed by atoms with van der Waals surface area (Å²) in [5, 5.41) is 6.56. The van der Waals surface area contributed by atoms with Gasteiger partial charge in [0.15, 0.2) is 5.96 Å². The van der Waals surface area contributed by atoms with Crippen molar-refractivity contribution in [3.63, 3.8) is 0 Å². The van der Waals surface area contributed by atoms with Crippen LogP contribution in [-0.2, 0) is 16.0 Å². The van der Waals surface area contributed by atoms with Gasteiger partial charge in [0.25, 0.3) is 0 Å². The second-order valence-corrected chi connectivity index (χ2v) is 8.27. The van der Waals surface area contributed by atoms with E-state index in [9.17, 15) is 9.59 Å². The Morgan fingerprint density at radius 1 is 1.37 bits per heavy atom. The van der Waals surface area contributed by atoms with Crippen molar-refractivity contribution in [1.82, 2.24) is 20.4 Å². The highest BCUT2D eigenvalue weighted by Gasteiger charge is 2.30. The number of carbonyl (C=O) groups excluding carboxylic acids is 2. The van der Waals surface area contributed by atoms with Crippen LogP contribution in [0.4, 0.5) is 4.79 Å². The average Bonchev–Trinajstić information content (AvgIpc) is 3.29. The molecule has 1 saturated heterocycles. The van der Waals surface area contributed by atoms with Crippen LogP contribution >= 0.6 is 24.0 Å². The monoisotopic (exact) mass is 535 g/mol. The fourth-order valence-corrected chi connectivity index (χ4v) is 2.76. The second-order valence-electron chi connectivity index (χ2n) is 8.27. The minimum Gasteiger partial charge on any atom is -0.469 e. The molecule has 2 amide bonds. The number of ether oxygens (including phenoxy) is 1. The Hall–Kier alpha value is -1.98. The zero-order chi connectivity index (χ0) is 21.4. The van der Waals surface area contributed by atoms with Gasteiger partial charge < -0.3 is 29.6 Å². The lowest BCUT2D eigenvalue weighted by Crippen LogP contribution is -2.46. The topological polar surface area (TPSA) is 99.4 Å². The predicted molar refractivity (Wildman–Crippen MR) is 126 cm³/mol. The first-order chi connectivity index (χ1) is 13.6. The standard InChI is InChI=1S/C20H33N5O4.HI/c1-20(2,3)29-19(27)25-11-9-15(14-25)23-18(22-13-17(26)24(4)5)21-10-8-16-7-6-12-28-16;/h6-7,12,15H,8-11,13-14H2,1-5H3,(H2,21,22,23);1H. The third kappa shape index (κ3) is 9.23. The van der Waals surface area contributed by atoms with Crippen LogP contribution in [0.15, 0.2) is 27.8 Å². The van der Waals surface area contributed by atoms with E-state index >= 15 is 0 Å². The quantitative estimate of drug-likeness (QED) is 0.329. The molecular formula is C20H34IN5O4. The van der Waals surface area contributed by atoms with Gasteiger partial charge in [-0.2, -0.15) is 0 Å². The Balaban J connectivity index is 0.00000450. The minimum absolute atomic E-state index is 0. The number of nitrogens with one attached hydrogen (secondary N) is 2. The Morgan fingerprint density at radius 3 is 2.70 bits per heavy atom. The molecule has 10 heteroatoms. The van der Waals surface area contributed by atoms with Gasteiger partial charge in [-0.1, -0.05) is 0 Å². The van der Waals surface area contributed by atoms with E-state index in [1.807, 2.05) is 32.9 Å². The zero-order valence-corrected chi connectivity index (χ0v) is 20.8. The van der Waals surface area contributed by atoms with Crippen molar-refractivity contribution in [2.24, 2.45) is 4.99 Å². The molecule has 0 saturated carbocycles. The molecule has 1 aliphatic heterocycles. The number of amides is 2. The maximum absolute atomic E-state index is 12.3. The molecule has 2 rings (SSSR count). The van der Waals surface area contributed by atoms with Crippen LogP contribution in [0.3, 0.4) is 0 Å². The van der Waals surface area contributed by atoms with Gasteiger partial charge in [0.1, 0.15) is 17.9 Å². The van der Waals surface area contributed by atoms with E-state index in [1.54, 1.807) is 25.3 Å². The van der Waals surface area contributed by atoms with E-state index in [1.165, 1.54) is 4.90 Å². The van der Waals surface area contributed by atoms with Crippen LogP contribution < -0.4 is 10.6 Å². The van der Waals surface area contributed by atoms with Crippen molar-refractivity contribution < 1.29 is 18.7 Å². The summed E-state index contributed by atoms with van der Waals surface area (Å²) in [6, 6.07) is 3.80. The Labute approximate surface area is 195 Å². The van der Waals surface area contributed by atoms with Crippen LogP contribution in [0.1, 0.15) is 33.0 Å². The van der Waals surface area contributed by atoms with Gasteiger partial charge in [-0.25, -0.2) is 9.79 Å². The SMILES string of the molecule is CN(C)C(=O)CN=C(NCCc1ccco1)NC1CCN(C(=O)OC(C)(C)C)C1.I. The summed E-state index contributed by atoms with van der Waals surface area (Å²) in [5.41, 5.74) is -0.519. The number of hydrogen-bond acceptors (Lipinski definition) is 5. The number of furan rings is 1. The number of guanidine groups is 1. The van der Waals surface area contributed by atoms with Crippen molar-refractivity contribution in [2.75, 3.05) is 40.3 Å². The van der Waals surface area contributed by atoms with Crippen molar-refractivity contribution in [2.45, 2.75) is 45.3 Å². The van der Waals surface area contributed by atoms with E-state index in [2.05, 4.69) is 15.6 Å².